The summed E-state index contributed by atoms with van der Waals surface area (Å²) in [6.45, 7) is 11.5. The van der Waals surface area contributed by atoms with E-state index in [1.807, 2.05) is 0 Å². The van der Waals surface area contributed by atoms with Crippen LogP contribution in [0.25, 0.3) is 10.9 Å². The summed E-state index contributed by atoms with van der Waals surface area (Å²) in [4.78, 5) is 0. The Balaban J connectivity index is 2.15. The summed E-state index contributed by atoms with van der Waals surface area (Å²) in [5, 5.41) is 4.88. The van der Waals surface area contributed by atoms with Gasteiger partial charge >= 0.3 is 0 Å². The first-order valence-corrected chi connectivity index (χ1v) is 7.64. The van der Waals surface area contributed by atoms with Crippen molar-refractivity contribution < 1.29 is 0 Å². The average Bonchev–Trinajstić information content (AvgIpc) is 2.80. The number of aryl methyl sites for hydroxylation is 1. The number of rotatable bonds is 8. The van der Waals surface area contributed by atoms with Gasteiger partial charge in [0.1, 0.15) is 0 Å². The minimum absolute atomic E-state index is 1.03. The van der Waals surface area contributed by atoms with Crippen LogP contribution >= 0.6 is 0 Å². The zero-order valence-corrected chi connectivity index (χ0v) is 12.8. The molecule has 20 heavy (non-hydrogen) atoms. The highest BCUT2D eigenvalue weighted by Gasteiger charge is 2.07. The van der Waals surface area contributed by atoms with E-state index >= 15 is 0 Å². The van der Waals surface area contributed by atoms with Crippen LogP contribution in [-0.4, -0.2) is 17.7 Å². The first-order chi connectivity index (χ1) is 9.72. The zero-order valence-electron chi connectivity index (χ0n) is 12.8. The highest BCUT2D eigenvalue weighted by molar-refractivity contribution is 5.84. The van der Waals surface area contributed by atoms with Gasteiger partial charge in [-0.25, -0.2) is 0 Å². The van der Waals surface area contributed by atoms with E-state index in [1.165, 1.54) is 28.5 Å². The molecule has 0 aliphatic heterocycles. The molecule has 2 nitrogen and oxygen atoms in total. The molecule has 2 aromatic rings. The normalized spacial score (nSPS) is 11.1. The molecule has 0 bridgehead atoms. The Kier molecular flexibility index (Phi) is 5.42. The summed E-state index contributed by atoms with van der Waals surface area (Å²) in [5.74, 6) is 0. The summed E-state index contributed by atoms with van der Waals surface area (Å²) in [6.07, 6.45) is 5.66. The van der Waals surface area contributed by atoms with Crippen LogP contribution in [0.3, 0.4) is 0 Å². The Morgan fingerprint density at radius 1 is 1.25 bits per heavy atom. The predicted molar refractivity (Wildman–Crippen MR) is 88.2 cm³/mol. The summed E-state index contributed by atoms with van der Waals surface area (Å²) in [6, 6.07) is 8.71. The minimum atomic E-state index is 1.03. The Bertz CT molecular complexity index is 566. The van der Waals surface area contributed by atoms with Crippen LogP contribution in [0, 0.1) is 0 Å². The highest BCUT2D eigenvalue weighted by atomic mass is 15.0. The summed E-state index contributed by atoms with van der Waals surface area (Å²) in [5.41, 5.74) is 4.04. The Morgan fingerprint density at radius 3 is 2.80 bits per heavy atom. The standard InChI is InChI=1S/C18H26N2/c1-4-11-19-12-9-16-14-20(13-10-15(2)3)18-8-6-5-7-17(16)18/h5-8,14,19H,2,4,9-13H2,1,3H3. The molecule has 0 aliphatic carbocycles. The molecule has 0 aliphatic rings. The lowest BCUT2D eigenvalue weighted by atomic mass is 10.1. The van der Waals surface area contributed by atoms with Crippen molar-refractivity contribution in [3.8, 4) is 0 Å². The molecule has 1 aromatic heterocycles. The SMILES string of the molecule is C=C(C)CCn1cc(CCNCCC)c2ccccc21. The maximum absolute atomic E-state index is 4.00. The number of para-hydroxylation sites is 1. The zero-order chi connectivity index (χ0) is 14.4. The van der Waals surface area contributed by atoms with E-state index in [2.05, 4.69) is 60.8 Å². The first kappa shape index (κ1) is 14.9. The van der Waals surface area contributed by atoms with Crippen molar-refractivity contribution >= 4 is 10.9 Å². The molecule has 2 heteroatoms. The van der Waals surface area contributed by atoms with E-state index in [4.69, 9.17) is 0 Å². The number of allylic oxidation sites excluding steroid dienone is 1. The molecule has 1 heterocycles. The van der Waals surface area contributed by atoms with E-state index in [9.17, 15) is 0 Å². The molecule has 0 amide bonds. The minimum Gasteiger partial charge on any atom is -0.347 e. The van der Waals surface area contributed by atoms with Crippen LogP contribution in [-0.2, 0) is 13.0 Å². The third kappa shape index (κ3) is 3.73. The largest absolute Gasteiger partial charge is 0.347 e. The molecular weight excluding hydrogens is 244 g/mol. The monoisotopic (exact) mass is 270 g/mol. The number of nitrogens with zero attached hydrogens (tertiary/aromatic N) is 1. The van der Waals surface area contributed by atoms with E-state index < -0.39 is 0 Å². The quantitative estimate of drug-likeness (QED) is 0.563. The third-order valence-corrected chi connectivity index (χ3v) is 3.65. The molecule has 0 spiro atoms. The maximum Gasteiger partial charge on any atom is 0.0483 e. The van der Waals surface area contributed by atoms with Crippen molar-refractivity contribution in [3.63, 3.8) is 0 Å². The fourth-order valence-electron chi connectivity index (χ4n) is 2.54. The van der Waals surface area contributed by atoms with E-state index in [0.717, 1.165) is 32.5 Å². The second-order valence-corrected chi connectivity index (χ2v) is 5.57. The van der Waals surface area contributed by atoms with Gasteiger partial charge in [0.25, 0.3) is 0 Å². The van der Waals surface area contributed by atoms with Crippen molar-refractivity contribution in [1.29, 1.82) is 0 Å². The van der Waals surface area contributed by atoms with Gasteiger partial charge in [-0.1, -0.05) is 30.7 Å². The predicted octanol–water partition coefficient (Wildman–Crippen LogP) is 4.15. The average molecular weight is 270 g/mol. The van der Waals surface area contributed by atoms with Gasteiger partial charge in [-0.2, -0.15) is 0 Å². The van der Waals surface area contributed by atoms with Gasteiger partial charge in [-0.05, 0) is 50.9 Å². The van der Waals surface area contributed by atoms with Gasteiger partial charge < -0.3 is 9.88 Å². The topological polar surface area (TPSA) is 17.0 Å². The van der Waals surface area contributed by atoms with Crippen molar-refractivity contribution in [1.82, 2.24) is 9.88 Å². The van der Waals surface area contributed by atoms with Crippen molar-refractivity contribution in [2.24, 2.45) is 0 Å². The molecule has 2 rings (SSSR count). The molecule has 0 fully saturated rings. The lowest BCUT2D eigenvalue weighted by Gasteiger charge is -2.04. The molecule has 0 saturated carbocycles. The van der Waals surface area contributed by atoms with Crippen LogP contribution < -0.4 is 5.32 Å². The van der Waals surface area contributed by atoms with Gasteiger partial charge in [0, 0.05) is 23.6 Å². The lowest BCUT2D eigenvalue weighted by Crippen LogP contribution is -2.17. The molecule has 0 unspecified atom stereocenters. The second-order valence-electron chi connectivity index (χ2n) is 5.57. The van der Waals surface area contributed by atoms with Crippen LogP contribution in [0.2, 0.25) is 0 Å². The van der Waals surface area contributed by atoms with Crippen LogP contribution in [0.5, 0.6) is 0 Å². The summed E-state index contributed by atoms with van der Waals surface area (Å²) < 4.78 is 2.37. The number of aromatic nitrogens is 1. The molecule has 1 N–H and O–H groups in total. The number of nitrogens with one attached hydrogen (secondary N) is 1. The van der Waals surface area contributed by atoms with E-state index in [-0.39, 0.29) is 0 Å². The van der Waals surface area contributed by atoms with Crippen molar-refractivity contribution in [2.75, 3.05) is 13.1 Å². The fourth-order valence-corrected chi connectivity index (χ4v) is 2.54. The molecule has 1 aromatic carbocycles. The highest BCUT2D eigenvalue weighted by Crippen LogP contribution is 2.22. The third-order valence-electron chi connectivity index (χ3n) is 3.65. The Morgan fingerprint density at radius 2 is 2.05 bits per heavy atom. The Hall–Kier alpha value is -1.54. The number of fused-ring (bicyclic) bond motifs is 1. The smallest absolute Gasteiger partial charge is 0.0483 e. The van der Waals surface area contributed by atoms with E-state index in [1.54, 1.807) is 0 Å². The van der Waals surface area contributed by atoms with Crippen LogP contribution in [0.4, 0.5) is 0 Å². The Labute approximate surface area is 122 Å². The van der Waals surface area contributed by atoms with Crippen LogP contribution in [0.15, 0.2) is 42.6 Å². The fraction of sp³-hybridized carbons (Fsp3) is 0.444. The second kappa shape index (κ2) is 7.30. The number of hydrogen-bond acceptors (Lipinski definition) is 1. The molecular formula is C18H26N2. The molecule has 0 radical (unpaired) electrons. The lowest BCUT2D eigenvalue weighted by molar-refractivity contribution is 0.668. The number of benzene rings is 1. The van der Waals surface area contributed by atoms with E-state index in [0.29, 0.717) is 0 Å². The van der Waals surface area contributed by atoms with Crippen molar-refractivity contribution in [3.05, 3.63) is 48.2 Å². The first-order valence-electron chi connectivity index (χ1n) is 7.64. The summed E-state index contributed by atoms with van der Waals surface area (Å²) in [7, 11) is 0. The van der Waals surface area contributed by atoms with Gasteiger partial charge in [-0.15, -0.1) is 6.58 Å². The van der Waals surface area contributed by atoms with Crippen molar-refractivity contribution in [2.45, 2.75) is 39.7 Å². The maximum atomic E-state index is 4.00. The van der Waals surface area contributed by atoms with Gasteiger partial charge in [0.2, 0.25) is 0 Å². The van der Waals surface area contributed by atoms with Gasteiger partial charge in [0.15, 0.2) is 0 Å². The van der Waals surface area contributed by atoms with Gasteiger partial charge in [0.05, 0.1) is 0 Å². The molecule has 108 valence electrons. The number of hydrogen-bond donors (Lipinski definition) is 1. The van der Waals surface area contributed by atoms with Crippen LogP contribution in [0.1, 0.15) is 32.3 Å². The molecule has 0 atom stereocenters. The van der Waals surface area contributed by atoms with Gasteiger partial charge in [-0.3, -0.25) is 0 Å². The summed E-state index contributed by atoms with van der Waals surface area (Å²) >= 11 is 0. The molecule has 0 saturated heterocycles.